The summed E-state index contributed by atoms with van der Waals surface area (Å²) in [5, 5.41) is 0. The Balaban J connectivity index is 2.71. The average molecular weight is 186 g/mol. The Morgan fingerprint density at radius 3 is 2.54 bits per heavy atom. The molecule has 3 unspecified atom stereocenters. The summed E-state index contributed by atoms with van der Waals surface area (Å²) in [5.41, 5.74) is 11.7. The normalized spacial score (nSPS) is 40.0. The molecule has 0 amide bonds. The van der Waals surface area contributed by atoms with Crippen molar-refractivity contribution in [3.63, 3.8) is 0 Å². The van der Waals surface area contributed by atoms with E-state index in [0.29, 0.717) is 0 Å². The average Bonchev–Trinajstić information content (AvgIpc) is 2.12. The Bertz CT molecular complexity index is 196. The van der Waals surface area contributed by atoms with Gasteiger partial charge in [-0.15, -0.1) is 0 Å². The SMILES string of the molecule is COC(=O)C1C(N)C(N)CC[C@H]1C. The molecule has 4 nitrogen and oxygen atoms in total. The van der Waals surface area contributed by atoms with Gasteiger partial charge in [-0.05, 0) is 18.8 Å². The molecule has 76 valence electrons. The smallest absolute Gasteiger partial charge is 0.310 e. The van der Waals surface area contributed by atoms with Crippen molar-refractivity contribution in [2.45, 2.75) is 31.8 Å². The van der Waals surface area contributed by atoms with Crippen LogP contribution in [0.2, 0.25) is 0 Å². The number of nitrogens with two attached hydrogens (primary N) is 2. The third-order valence-electron chi connectivity index (χ3n) is 2.95. The number of esters is 1. The molecule has 1 saturated carbocycles. The first-order chi connectivity index (χ1) is 6.07. The molecule has 0 radical (unpaired) electrons. The maximum atomic E-state index is 11.4. The van der Waals surface area contributed by atoms with E-state index in [-0.39, 0.29) is 29.9 Å². The molecule has 0 aromatic rings. The van der Waals surface area contributed by atoms with E-state index < -0.39 is 0 Å². The van der Waals surface area contributed by atoms with E-state index >= 15 is 0 Å². The van der Waals surface area contributed by atoms with Gasteiger partial charge in [0.15, 0.2) is 0 Å². The molecular formula is C9H18N2O2. The van der Waals surface area contributed by atoms with Crippen LogP contribution in [-0.2, 0) is 9.53 Å². The van der Waals surface area contributed by atoms with Crippen LogP contribution in [0.1, 0.15) is 19.8 Å². The third-order valence-corrected chi connectivity index (χ3v) is 2.95. The van der Waals surface area contributed by atoms with E-state index in [1.165, 1.54) is 7.11 Å². The minimum atomic E-state index is -0.254. The predicted molar refractivity (Wildman–Crippen MR) is 49.9 cm³/mol. The van der Waals surface area contributed by atoms with Crippen LogP contribution in [0.5, 0.6) is 0 Å². The van der Waals surface area contributed by atoms with Crippen LogP contribution in [0.15, 0.2) is 0 Å². The van der Waals surface area contributed by atoms with Gasteiger partial charge in [0.05, 0.1) is 13.0 Å². The van der Waals surface area contributed by atoms with E-state index in [0.717, 1.165) is 12.8 Å². The van der Waals surface area contributed by atoms with E-state index in [4.69, 9.17) is 16.2 Å². The van der Waals surface area contributed by atoms with Crippen molar-refractivity contribution in [2.75, 3.05) is 7.11 Å². The van der Waals surface area contributed by atoms with Crippen LogP contribution in [0.4, 0.5) is 0 Å². The number of carbonyl (C=O) groups is 1. The van der Waals surface area contributed by atoms with Crippen LogP contribution >= 0.6 is 0 Å². The first kappa shape index (κ1) is 10.5. The molecule has 1 aliphatic rings. The van der Waals surface area contributed by atoms with Crippen molar-refractivity contribution in [1.82, 2.24) is 0 Å². The molecule has 1 rings (SSSR count). The fraction of sp³-hybridized carbons (Fsp3) is 0.889. The molecule has 1 fully saturated rings. The van der Waals surface area contributed by atoms with Gasteiger partial charge in [0.1, 0.15) is 0 Å². The quantitative estimate of drug-likeness (QED) is 0.559. The monoisotopic (exact) mass is 186 g/mol. The topological polar surface area (TPSA) is 78.3 Å². The van der Waals surface area contributed by atoms with Gasteiger partial charge in [0, 0.05) is 12.1 Å². The molecule has 0 aliphatic heterocycles. The van der Waals surface area contributed by atoms with Gasteiger partial charge in [0.25, 0.3) is 0 Å². The lowest BCUT2D eigenvalue weighted by molar-refractivity contribution is -0.149. The number of hydrogen-bond acceptors (Lipinski definition) is 4. The summed E-state index contributed by atoms with van der Waals surface area (Å²) in [7, 11) is 1.39. The summed E-state index contributed by atoms with van der Waals surface area (Å²) in [6, 6.07) is -0.323. The molecule has 0 aromatic carbocycles. The lowest BCUT2D eigenvalue weighted by Gasteiger charge is -2.36. The zero-order valence-electron chi connectivity index (χ0n) is 8.19. The molecular weight excluding hydrogens is 168 g/mol. The largest absolute Gasteiger partial charge is 0.469 e. The molecule has 0 bridgehead atoms. The molecule has 0 heterocycles. The number of methoxy groups -OCH3 is 1. The van der Waals surface area contributed by atoms with E-state index in [1.54, 1.807) is 0 Å². The van der Waals surface area contributed by atoms with Crippen molar-refractivity contribution in [3.8, 4) is 0 Å². The van der Waals surface area contributed by atoms with Gasteiger partial charge in [0.2, 0.25) is 0 Å². The first-order valence-corrected chi connectivity index (χ1v) is 4.67. The van der Waals surface area contributed by atoms with Crippen LogP contribution in [0.25, 0.3) is 0 Å². The molecule has 0 aromatic heterocycles. The summed E-state index contributed by atoms with van der Waals surface area (Å²) in [6.45, 7) is 2.02. The first-order valence-electron chi connectivity index (χ1n) is 4.67. The summed E-state index contributed by atoms with van der Waals surface area (Å²) < 4.78 is 4.70. The van der Waals surface area contributed by atoms with Crippen molar-refractivity contribution in [3.05, 3.63) is 0 Å². The Morgan fingerprint density at radius 1 is 1.38 bits per heavy atom. The second kappa shape index (κ2) is 4.07. The summed E-state index contributed by atoms with van der Waals surface area (Å²) in [4.78, 5) is 11.4. The van der Waals surface area contributed by atoms with Crippen LogP contribution in [-0.4, -0.2) is 25.2 Å². The second-order valence-corrected chi connectivity index (χ2v) is 3.84. The summed E-state index contributed by atoms with van der Waals surface area (Å²) >= 11 is 0. The molecule has 1 aliphatic carbocycles. The fourth-order valence-electron chi connectivity index (χ4n) is 2.00. The van der Waals surface area contributed by atoms with Crippen molar-refractivity contribution < 1.29 is 9.53 Å². The van der Waals surface area contributed by atoms with Gasteiger partial charge >= 0.3 is 5.97 Å². The Kier molecular flexibility index (Phi) is 3.27. The third kappa shape index (κ3) is 2.00. The lowest BCUT2D eigenvalue weighted by atomic mass is 9.75. The number of hydrogen-bond donors (Lipinski definition) is 2. The minimum absolute atomic E-state index is 0.0692. The highest BCUT2D eigenvalue weighted by Gasteiger charge is 2.38. The van der Waals surface area contributed by atoms with Crippen LogP contribution < -0.4 is 11.5 Å². The number of rotatable bonds is 1. The minimum Gasteiger partial charge on any atom is -0.469 e. The van der Waals surface area contributed by atoms with Crippen molar-refractivity contribution in [2.24, 2.45) is 23.3 Å². The van der Waals surface area contributed by atoms with Gasteiger partial charge in [-0.1, -0.05) is 6.92 Å². The lowest BCUT2D eigenvalue weighted by Crippen LogP contribution is -2.54. The Hall–Kier alpha value is -0.610. The van der Waals surface area contributed by atoms with E-state index in [9.17, 15) is 4.79 Å². The molecule has 4 N–H and O–H groups in total. The fourth-order valence-corrected chi connectivity index (χ4v) is 2.00. The predicted octanol–water partition coefficient (Wildman–Crippen LogP) is -0.140. The Labute approximate surface area is 78.6 Å². The Morgan fingerprint density at radius 2 is 2.00 bits per heavy atom. The van der Waals surface area contributed by atoms with Crippen molar-refractivity contribution >= 4 is 5.97 Å². The zero-order chi connectivity index (χ0) is 10.0. The molecule has 0 saturated heterocycles. The number of ether oxygens (including phenoxy) is 1. The van der Waals surface area contributed by atoms with Gasteiger partial charge in [-0.3, -0.25) is 4.79 Å². The van der Waals surface area contributed by atoms with Crippen LogP contribution in [0.3, 0.4) is 0 Å². The zero-order valence-corrected chi connectivity index (χ0v) is 8.19. The van der Waals surface area contributed by atoms with Gasteiger partial charge < -0.3 is 16.2 Å². The highest BCUT2D eigenvalue weighted by atomic mass is 16.5. The van der Waals surface area contributed by atoms with Crippen molar-refractivity contribution in [1.29, 1.82) is 0 Å². The van der Waals surface area contributed by atoms with Gasteiger partial charge in [-0.2, -0.15) is 0 Å². The highest BCUT2D eigenvalue weighted by molar-refractivity contribution is 5.73. The number of carbonyl (C=O) groups excluding carboxylic acids is 1. The highest BCUT2D eigenvalue weighted by Crippen LogP contribution is 2.29. The maximum absolute atomic E-state index is 11.4. The molecule has 0 spiro atoms. The summed E-state index contributed by atoms with van der Waals surface area (Å²) in [6.07, 6.45) is 1.85. The maximum Gasteiger partial charge on any atom is 0.310 e. The summed E-state index contributed by atoms with van der Waals surface area (Å²) in [5.74, 6) is -0.175. The van der Waals surface area contributed by atoms with E-state index in [1.807, 2.05) is 6.92 Å². The van der Waals surface area contributed by atoms with Crippen LogP contribution in [0, 0.1) is 11.8 Å². The molecule has 4 atom stereocenters. The van der Waals surface area contributed by atoms with Gasteiger partial charge in [-0.25, -0.2) is 0 Å². The second-order valence-electron chi connectivity index (χ2n) is 3.84. The molecule has 4 heteroatoms. The standard InChI is InChI=1S/C9H18N2O2/c1-5-3-4-6(10)8(11)7(5)9(12)13-2/h5-8H,3-4,10-11H2,1-2H3/t5-,6?,7?,8?/m1/s1. The van der Waals surface area contributed by atoms with E-state index in [2.05, 4.69) is 0 Å². The molecule has 13 heavy (non-hydrogen) atoms.